The van der Waals surface area contributed by atoms with Gasteiger partial charge in [-0.15, -0.1) is 15.0 Å². The molecule has 7 heteroatoms. The van der Waals surface area contributed by atoms with E-state index in [1.807, 2.05) is 30.3 Å². The molecule has 0 aliphatic rings. The summed E-state index contributed by atoms with van der Waals surface area (Å²) in [5.41, 5.74) is 2.14. The third kappa shape index (κ3) is 3.62. The second-order valence-corrected chi connectivity index (χ2v) is 5.29. The first-order valence-electron chi connectivity index (χ1n) is 7.68. The maximum atomic E-state index is 10.3. The Labute approximate surface area is 148 Å². The quantitative estimate of drug-likeness (QED) is 0.513. The molecule has 4 rings (SSSR count). The fourth-order valence-electron chi connectivity index (χ4n) is 2.26. The zero-order chi connectivity index (χ0) is 18.5. The van der Waals surface area contributed by atoms with Crippen LogP contribution in [0.3, 0.4) is 0 Å². The number of benzene rings is 3. The Morgan fingerprint density at radius 1 is 0.731 bits per heavy atom. The number of aromatic hydroxyl groups is 2. The van der Waals surface area contributed by atoms with Gasteiger partial charge in [0.2, 0.25) is 0 Å². The van der Waals surface area contributed by atoms with Crippen molar-refractivity contribution in [2.75, 3.05) is 0 Å². The van der Waals surface area contributed by atoms with Crippen molar-refractivity contribution in [2.24, 2.45) is 0 Å². The summed E-state index contributed by atoms with van der Waals surface area (Å²) in [7, 11) is 0. The molecule has 0 amide bonds. The maximum Gasteiger partial charge on any atom is 0.339 e. The Balaban J connectivity index is 0.000000170. The zero-order valence-corrected chi connectivity index (χ0v) is 13.5. The third-order valence-electron chi connectivity index (χ3n) is 3.52. The summed E-state index contributed by atoms with van der Waals surface area (Å²) in [6, 6.07) is 20.4. The lowest BCUT2D eigenvalue weighted by molar-refractivity contribution is 0.0693. The molecule has 4 aromatic rings. The number of aromatic nitrogens is 3. The standard InChI is InChI=1S/C12H9N3O.C7H6O3/c16-12-8-4-3-7-11(12)15-13-9-5-1-2-6-10(9)14-15;8-6-4-2-1-3-5(6)7(9)10/h1-8,16H;1-4,8H,(H,9,10). The Kier molecular flexibility index (Phi) is 4.80. The van der Waals surface area contributed by atoms with E-state index in [9.17, 15) is 9.90 Å². The lowest BCUT2D eigenvalue weighted by atomic mass is 10.2. The molecule has 0 saturated heterocycles. The molecule has 0 radical (unpaired) electrons. The van der Waals surface area contributed by atoms with Gasteiger partial charge in [-0.3, -0.25) is 0 Å². The van der Waals surface area contributed by atoms with Gasteiger partial charge in [0.25, 0.3) is 0 Å². The first kappa shape index (κ1) is 17.0. The van der Waals surface area contributed by atoms with Crippen LogP contribution < -0.4 is 0 Å². The molecule has 1 heterocycles. The van der Waals surface area contributed by atoms with Crippen LogP contribution in [-0.4, -0.2) is 36.3 Å². The normalized spacial score (nSPS) is 10.2. The van der Waals surface area contributed by atoms with Crippen molar-refractivity contribution in [1.82, 2.24) is 15.0 Å². The minimum absolute atomic E-state index is 0.0671. The van der Waals surface area contributed by atoms with E-state index in [4.69, 9.17) is 10.2 Å². The molecule has 0 atom stereocenters. The molecule has 0 spiro atoms. The van der Waals surface area contributed by atoms with Gasteiger partial charge in [-0.05, 0) is 36.4 Å². The van der Waals surface area contributed by atoms with Gasteiger partial charge in [-0.25, -0.2) is 4.79 Å². The van der Waals surface area contributed by atoms with E-state index in [-0.39, 0.29) is 17.1 Å². The van der Waals surface area contributed by atoms with Gasteiger partial charge in [-0.1, -0.05) is 36.4 Å². The minimum Gasteiger partial charge on any atom is -0.507 e. The molecule has 7 nitrogen and oxygen atoms in total. The molecule has 0 saturated carbocycles. The van der Waals surface area contributed by atoms with E-state index in [0.29, 0.717) is 5.69 Å². The van der Waals surface area contributed by atoms with Crippen molar-refractivity contribution in [2.45, 2.75) is 0 Å². The summed E-state index contributed by atoms with van der Waals surface area (Å²) in [4.78, 5) is 11.7. The van der Waals surface area contributed by atoms with E-state index in [2.05, 4.69) is 10.2 Å². The Hall–Kier alpha value is -3.87. The van der Waals surface area contributed by atoms with Crippen LogP contribution >= 0.6 is 0 Å². The number of nitrogens with zero attached hydrogens (tertiary/aromatic N) is 3. The number of carboxylic acids is 1. The number of carbonyl (C=O) groups is 1. The van der Waals surface area contributed by atoms with Crippen LogP contribution in [0, 0.1) is 0 Å². The van der Waals surface area contributed by atoms with Gasteiger partial charge >= 0.3 is 5.97 Å². The number of rotatable bonds is 2. The summed E-state index contributed by atoms with van der Waals surface area (Å²) >= 11 is 0. The minimum atomic E-state index is -1.11. The number of phenols is 2. The van der Waals surface area contributed by atoms with Crippen molar-refractivity contribution in [3.63, 3.8) is 0 Å². The number of hydrogen-bond donors (Lipinski definition) is 3. The highest BCUT2D eigenvalue weighted by Crippen LogP contribution is 2.20. The largest absolute Gasteiger partial charge is 0.507 e. The fraction of sp³-hybridized carbons (Fsp3) is 0. The first-order chi connectivity index (χ1) is 12.6. The van der Waals surface area contributed by atoms with Crippen molar-refractivity contribution in [3.8, 4) is 17.2 Å². The SMILES string of the molecule is O=C(O)c1ccccc1O.Oc1ccccc1-n1nc2ccccc2n1. The molecule has 0 bridgehead atoms. The monoisotopic (exact) mass is 349 g/mol. The molecule has 3 N–H and O–H groups in total. The van der Waals surface area contributed by atoms with Crippen LogP contribution in [0.2, 0.25) is 0 Å². The van der Waals surface area contributed by atoms with Gasteiger partial charge in [0.05, 0.1) is 0 Å². The van der Waals surface area contributed by atoms with E-state index in [0.717, 1.165) is 11.0 Å². The lowest BCUT2D eigenvalue weighted by Gasteiger charge is -2.00. The summed E-state index contributed by atoms with van der Waals surface area (Å²) in [6.07, 6.45) is 0. The lowest BCUT2D eigenvalue weighted by Crippen LogP contribution is -1.98. The van der Waals surface area contributed by atoms with Gasteiger partial charge in [0.1, 0.15) is 33.8 Å². The molecule has 3 aromatic carbocycles. The molecular formula is C19H15N3O4. The van der Waals surface area contributed by atoms with Crippen LogP contribution in [0.4, 0.5) is 0 Å². The summed E-state index contributed by atoms with van der Waals surface area (Å²) < 4.78 is 0. The van der Waals surface area contributed by atoms with E-state index in [1.165, 1.54) is 16.9 Å². The number of para-hydroxylation sites is 3. The average molecular weight is 349 g/mol. The predicted molar refractivity (Wildman–Crippen MR) is 95.6 cm³/mol. The van der Waals surface area contributed by atoms with E-state index < -0.39 is 5.97 Å². The van der Waals surface area contributed by atoms with Crippen molar-refractivity contribution in [3.05, 3.63) is 78.4 Å². The van der Waals surface area contributed by atoms with E-state index >= 15 is 0 Å². The molecule has 0 fully saturated rings. The van der Waals surface area contributed by atoms with Crippen LogP contribution in [-0.2, 0) is 0 Å². The molecular weight excluding hydrogens is 334 g/mol. The highest BCUT2D eigenvalue weighted by atomic mass is 16.4. The van der Waals surface area contributed by atoms with Crippen LogP contribution in [0.15, 0.2) is 72.8 Å². The van der Waals surface area contributed by atoms with Gasteiger partial charge in [0, 0.05) is 0 Å². The van der Waals surface area contributed by atoms with Crippen molar-refractivity contribution < 1.29 is 20.1 Å². The second-order valence-electron chi connectivity index (χ2n) is 5.29. The molecule has 0 aliphatic heterocycles. The number of carboxylic acid groups (broad SMARTS) is 1. The first-order valence-corrected chi connectivity index (χ1v) is 7.68. The second kappa shape index (κ2) is 7.35. The molecule has 0 unspecified atom stereocenters. The average Bonchev–Trinajstić information content (AvgIpc) is 3.06. The van der Waals surface area contributed by atoms with Gasteiger partial charge in [-0.2, -0.15) is 0 Å². The van der Waals surface area contributed by atoms with Gasteiger partial charge in [0.15, 0.2) is 0 Å². The zero-order valence-electron chi connectivity index (χ0n) is 13.5. The number of aromatic carboxylic acids is 1. The summed E-state index contributed by atoms with van der Waals surface area (Å²) in [6.45, 7) is 0. The molecule has 130 valence electrons. The molecule has 1 aromatic heterocycles. The fourth-order valence-corrected chi connectivity index (χ4v) is 2.26. The molecule has 0 aliphatic carbocycles. The van der Waals surface area contributed by atoms with E-state index in [1.54, 1.807) is 30.3 Å². The van der Waals surface area contributed by atoms with Crippen molar-refractivity contribution in [1.29, 1.82) is 0 Å². The predicted octanol–water partition coefficient (Wildman–Crippen LogP) is 3.22. The van der Waals surface area contributed by atoms with Crippen LogP contribution in [0.5, 0.6) is 11.5 Å². The number of phenolic OH excluding ortho intramolecular Hbond substituents is 1. The highest BCUT2D eigenvalue weighted by molar-refractivity contribution is 5.90. The summed E-state index contributed by atoms with van der Waals surface area (Å²) in [5.74, 6) is -1.14. The van der Waals surface area contributed by atoms with Gasteiger partial charge < -0.3 is 15.3 Å². The number of fused-ring (bicyclic) bond motifs is 1. The Morgan fingerprint density at radius 3 is 1.73 bits per heavy atom. The third-order valence-corrected chi connectivity index (χ3v) is 3.52. The van der Waals surface area contributed by atoms with Crippen LogP contribution in [0.1, 0.15) is 10.4 Å². The number of hydrogen-bond acceptors (Lipinski definition) is 5. The Bertz CT molecular complexity index is 1030. The molecule has 26 heavy (non-hydrogen) atoms. The highest BCUT2D eigenvalue weighted by Gasteiger charge is 2.07. The summed E-state index contributed by atoms with van der Waals surface area (Å²) in [5, 5.41) is 35.6. The van der Waals surface area contributed by atoms with Crippen molar-refractivity contribution >= 4 is 17.0 Å². The Morgan fingerprint density at radius 2 is 1.23 bits per heavy atom. The van der Waals surface area contributed by atoms with Crippen LogP contribution in [0.25, 0.3) is 16.7 Å². The maximum absolute atomic E-state index is 10.3. The smallest absolute Gasteiger partial charge is 0.339 e. The topological polar surface area (TPSA) is 108 Å².